The topological polar surface area (TPSA) is 16.8 Å². The highest BCUT2D eigenvalue weighted by Gasteiger charge is 2.29. The molecule has 1 aliphatic rings. The van der Waals surface area contributed by atoms with Crippen LogP contribution in [0.4, 0.5) is 0 Å². The lowest BCUT2D eigenvalue weighted by Gasteiger charge is -2.23. The molecule has 0 N–H and O–H groups in total. The normalized spacial score (nSPS) is 14.9. The van der Waals surface area contributed by atoms with Gasteiger partial charge in [0.1, 0.15) is 15.1 Å². The van der Waals surface area contributed by atoms with Crippen LogP contribution in [0.15, 0.2) is 73.1 Å². The molecule has 1 fully saturated rings. The summed E-state index contributed by atoms with van der Waals surface area (Å²) in [6.45, 7) is 7.04. The maximum Gasteiger partial charge on any atom is 0.220 e. The van der Waals surface area contributed by atoms with Gasteiger partial charge in [-0.2, -0.15) is 0 Å². The van der Waals surface area contributed by atoms with E-state index >= 15 is 0 Å². The maximum atomic E-state index is 4.70. The standard InChI is InChI=1S/C29H33N2Si/c1-21-12-13-23(22-9-5-6-10-22)20-27(21)29-26-15-14-25(19-24(26)16-18-31(29)2)32(3,4)28-11-7-8-17-30-28/h7-8,11-20,22H,5-6,9-10H2,1-4H3/q+1. The van der Waals surface area contributed by atoms with Crippen LogP contribution in [0.5, 0.6) is 0 Å². The Hall–Kier alpha value is -2.78. The molecule has 0 radical (unpaired) electrons. The van der Waals surface area contributed by atoms with Crippen LogP contribution in [0.2, 0.25) is 13.1 Å². The van der Waals surface area contributed by atoms with Crippen molar-refractivity contribution in [1.29, 1.82) is 0 Å². The van der Waals surface area contributed by atoms with E-state index in [1.54, 1.807) is 0 Å². The van der Waals surface area contributed by atoms with E-state index in [-0.39, 0.29) is 0 Å². The molecule has 0 spiro atoms. The number of rotatable bonds is 4. The Morgan fingerprint density at radius 1 is 0.938 bits per heavy atom. The lowest BCUT2D eigenvalue weighted by molar-refractivity contribution is -0.659. The summed E-state index contributed by atoms with van der Waals surface area (Å²) < 4.78 is 2.30. The second kappa shape index (κ2) is 8.29. The highest BCUT2D eigenvalue weighted by atomic mass is 28.3. The van der Waals surface area contributed by atoms with Crippen LogP contribution in [-0.2, 0) is 7.05 Å². The second-order valence-corrected chi connectivity index (χ2v) is 14.3. The highest BCUT2D eigenvalue weighted by molar-refractivity contribution is 7.00. The Morgan fingerprint density at radius 3 is 2.50 bits per heavy atom. The van der Waals surface area contributed by atoms with E-state index in [1.165, 1.54) is 69.3 Å². The van der Waals surface area contributed by atoms with E-state index in [2.05, 4.69) is 92.4 Å². The van der Waals surface area contributed by atoms with Crippen LogP contribution in [0, 0.1) is 6.92 Å². The first-order valence-electron chi connectivity index (χ1n) is 11.9. The van der Waals surface area contributed by atoms with Gasteiger partial charge in [-0.05, 0) is 66.5 Å². The molecule has 0 atom stereocenters. The fraction of sp³-hybridized carbons (Fsp3) is 0.310. The summed E-state index contributed by atoms with van der Waals surface area (Å²) in [6.07, 6.45) is 9.55. The molecular weight excluding hydrogens is 404 g/mol. The lowest BCUT2D eigenvalue weighted by atomic mass is 9.91. The van der Waals surface area contributed by atoms with Crippen LogP contribution >= 0.6 is 0 Å². The lowest BCUT2D eigenvalue weighted by Crippen LogP contribution is -2.54. The monoisotopic (exact) mass is 437 g/mol. The summed E-state index contributed by atoms with van der Waals surface area (Å²) in [5.41, 5.74) is 5.56. The Labute approximate surface area is 193 Å². The van der Waals surface area contributed by atoms with Crippen LogP contribution < -0.4 is 15.1 Å². The van der Waals surface area contributed by atoms with Crippen molar-refractivity contribution in [2.45, 2.75) is 51.6 Å². The van der Waals surface area contributed by atoms with E-state index in [0.717, 1.165) is 5.92 Å². The van der Waals surface area contributed by atoms with Gasteiger partial charge in [-0.25, -0.2) is 4.57 Å². The maximum absolute atomic E-state index is 4.70. The van der Waals surface area contributed by atoms with Gasteiger partial charge < -0.3 is 0 Å². The number of hydrogen-bond donors (Lipinski definition) is 0. The number of aromatic nitrogens is 2. The van der Waals surface area contributed by atoms with Crippen molar-refractivity contribution in [2.24, 2.45) is 7.05 Å². The van der Waals surface area contributed by atoms with E-state index in [1.807, 2.05) is 12.3 Å². The van der Waals surface area contributed by atoms with Gasteiger partial charge in [0.2, 0.25) is 5.69 Å². The largest absolute Gasteiger partial charge is 0.266 e. The number of pyridine rings is 2. The molecule has 0 saturated heterocycles. The Kier molecular flexibility index (Phi) is 5.46. The van der Waals surface area contributed by atoms with Crippen LogP contribution in [-0.4, -0.2) is 13.1 Å². The van der Waals surface area contributed by atoms with E-state index in [9.17, 15) is 0 Å². The van der Waals surface area contributed by atoms with Crippen LogP contribution in [0.25, 0.3) is 22.0 Å². The van der Waals surface area contributed by atoms with Crippen molar-refractivity contribution >= 4 is 29.4 Å². The second-order valence-electron chi connectivity index (χ2n) is 9.97. The average Bonchev–Trinajstić information content (AvgIpc) is 3.35. The molecule has 4 aromatic rings. The van der Waals surface area contributed by atoms with Gasteiger partial charge in [-0.1, -0.05) is 61.5 Å². The zero-order valence-corrected chi connectivity index (χ0v) is 20.7. The summed E-state index contributed by atoms with van der Waals surface area (Å²) >= 11 is 0. The number of nitrogens with zero attached hydrogens (tertiary/aromatic N) is 2. The fourth-order valence-electron chi connectivity index (χ4n) is 5.38. The quantitative estimate of drug-likeness (QED) is 0.304. The molecule has 0 aliphatic heterocycles. The predicted octanol–water partition coefficient (Wildman–Crippen LogP) is 5.51. The van der Waals surface area contributed by atoms with E-state index in [0.29, 0.717) is 0 Å². The summed E-state index contributed by atoms with van der Waals surface area (Å²) in [7, 11) is 0.339. The Morgan fingerprint density at radius 2 is 1.75 bits per heavy atom. The first kappa shape index (κ1) is 21.1. The van der Waals surface area contributed by atoms with Gasteiger partial charge in [0.25, 0.3) is 0 Å². The Balaban J connectivity index is 1.64. The SMILES string of the molecule is Cc1ccc(C2CCCC2)cc1-c1c2ccc([Si](C)(C)c3ccccn3)cc2cc[n+]1C. The molecule has 2 nitrogen and oxygen atoms in total. The van der Waals surface area contributed by atoms with Gasteiger partial charge in [-0.3, -0.25) is 4.98 Å². The number of aryl methyl sites for hydroxylation is 2. The first-order chi connectivity index (χ1) is 15.4. The molecule has 0 bridgehead atoms. The molecule has 2 heterocycles. The average molecular weight is 438 g/mol. The van der Waals surface area contributed by atoms with Crippen LogP contribution in [0.3, 0.4) is 0 Å². The number of hydrogen-bond acceptors (Lipinski definition) is 1. The zero-order valence-electron chi connectivity index (χ0n) is 19.7. The molecule has 0 amide bonds. The molecule has 5 rings (SSSR count). The zero-order chi connectivity index (χ0) is 22.3. The molecule has 1 saturated carbocycles. The van der Waals surface area contributed by atoms with Gasteiger partial charge in [0, 0.05) is 23.1 Å². The first-order valence-corrected chi connectivity index (χ1v) is 14.9. The van der Waals surface area contributed by atoms with Crippen molar-refractivity contribution in [1.82, 2.24) is 4.98 Å². The van der Waals surface area contributed by atoms with Gasteiger partial charge in [0.05, 0.1) is 5.39 Å². The molecular formula is C29H33N2Si+. The van der Waals surface area contributed by atoms with Crippen molar-refractivity contribution < 1.29 is 4.57 Å². The number of fused-ring (bicyclic) bond motifs is 1. The van der Waals surface area contributed by atoms with Crippen molar-refractivity contribution in [3.05, 3.63) is 84.2 Å². The molecule has 32 heavy (non-hydrogen) atoms. The van der Waals surface area contributed by atoms with Gasteiger partial charge in [0.15, 0.2) is 6.20 Å². The highest BCUT2D eigenvalue weighted by Crippen LogP contribution is 2.37. The van der Waals surface area contributed by atoms with Crippen molar-refractivity contribution in [2.75, 3.05) is 0 Å². The third-order valence-corrected chi connectivity index (χ3v) is 10.8. The molecule has 0 unspecified atom stereocenters. The molecule has 2 aromatic heterocycles. The minimum atomic E-state index is -1.84. The van der Waals surface area contributed by atoms with Gasteiger partial charge in [-0.15, -0.1) is 0 Å². The van der Waals surface area contributed by atoms with E-state index in [4.69, 9.17) is 4.98 Å². The smallest absolute Gasteiger partial charge is 0.220 e. The molecule has 3 heteroatoms. The molecule has 2 aromatic carbocycles. The predicted molar refractivity (Wildman–Crippen MR) is 137 cm³/mol. The Bertz CT molecular complexity index is 1270. The summed E-state index contributed by atoms with van der Waals surface area (Å²) in [4.78, 5) is 4.70. The summed E-state index contributed by atoms with van der Waals surface area (Å²) in [6, 6.07) is 22.8. The molecule has 162 valence electrons. The fourth-order valence-corrected chi connectivity index (χ4v) is 7.61. The minimum Gasteiger partial charge on any atom is -0.266 e. The van der Waals surface area contributed by atoms with Crippen molar-refractivity contribution in [3.8, 4) is 11.3 Å². The van der Waals surface area contributed by atoms with E-state index < -0.39 is 8.07 Å². The molecule has 1 aliphatic carbocycles. The van der Waals surface area contributed by atoms with Gasteiger partial charge >= 0.3 is 0 Å². The summed E-state index contributed by atoms with van der Waals surface area (Å²) in [5.74, 6) is 0.728. The third kappa shape index (κ3) is 3.69. The van der Waals surface area contributed by atoms with Crippen molar-refractivity contribution in [3.63, 3.8) is 0 Å². The minimum absolute atomic E-state index is 0.728. The van der Waals surface area contributed by atoms with Crippen LogP contribution in [0.1, 0.15) is 42.7 Å². The third-order valence-electron chi connectivity index (χ3n) is 7.51. The summed E-state index contributed by atoms with van der Waals surface area (Å²) in [5, 5.41) is 5.31. The number of benzene rings is 2.